The molecule has 29 heavy (non-hydrogen) atoms. The molecule has 0 bridgehead atoms. The summed E-state index contributed by atoms with van der Waals surface area (Å²) in [6.45, 7) is 5.61. The van der Waals surface area contributed by atoms with Gasteiger partial charge in [0.2, 0.25) is 0 Å². The van der Waals surface area contributed by atoms with Crippen LogP contribution in [0, 0.1) is 12.8 Å². The molecular formula is C21H23N5O3. The highest BCUT2D eigenvalue weighted by atomic mass is 16.5. The van der Waals surface area contributed by atoms with Crippen LogP contribution in [-0.2, 0) is 6.54 Å². The molecule has 8 heteroatoms. The molecule has 8 nitrogen and oxygen atoms in total. The predicted octanol–water partition coefficient (Wildman–Crippen LogP) is 2.52. The van der Waals surface area contributed by atoms with E-state index in [4.69, 9.17) is 4.52 Å². The number of rotatable bonds is 4. The first-order valence-corrected chi connectivity index (χ1v) is 9.76. The number of aromatic nitrogens is 4. The van der Waals surface area contributed by atoms with E-state index in [9.17, 15) is 9.59 Å². The van der Waals surface area contributed by atoms with Gasteiger partial charge >= 0.3 is 11.8 Å². The van der Waals surface area contributed by atoms with Crippen molar-refractivity contribution in [3.8, 4) is 11.3 Å². The van der Waals surface area contributed by atoms with Crippen molar-refractivity contribution in [1.82, 2.24) is 24.8 Å². The maximum atomic E-state index is 12.6. The van der Waals surface area contributed by atoms with Gasteiger partial charge < -0.3 is 9.42 Å². The van der Waals surface area contributed by atoms with Crippen molar-refractivity contribution in [2.75, 3.05) is 13.1 Å². The number of piperidine rings is 1. The zero-order chi connectivity index (χ0) is 20.4. The summed E-state index contributed by atoms with van der Waals surface area (Å²) in [5, 5.41) is 8.27. The molecule has 4 rings (SSSR count). The first kappa shape index (κ1) is 19.0. The van der Waals surface area contributed by atoms with Gasteiger partial charge in [-0.05, 0) is 31.7 Å². The van der Waals surface area contributed by atoms with E-state index in [-0.39, 0.29) is 29.7 Å². The van der Waals surface area contributed by atoms with E-state index in [1.54, 1.807) is 11.0 Å². The van der Waals surface area contributed by atoms with Crippen LogP contribution in [0.1, 0.15) is 41.8 Å². The van der Waals surface area contributed by atoms with Gasteiger partial charge in [-0.25, -0.2) is 4.68 Å². The molecule has 3 heterocycles. The molecule has 0 atom stereocenters. The number of hydrogen-bond acceptors (Lipinski definition) is 6. The lowest BCUT2D eigenvalue weighted by molar-refractivity contribution is 0.0647. The van der Waals surface area contributed by atoms with E-state index < -0.39 is 0 Å². The van der Waals surface area contributed by atoms with Crippen LogP contribution in [0.4, 0.5) is 0 Å². The molecule has 1 saturated heterocycles. The van der Waals surface area contributed by atoms with Crippen molar-refractivity contribution >= 4 is 5.91 Å². The fourth-order valence-electron chi connectivity index (χ4n) is 3.33. The maximum absolute atomic E-state index is 12.6. The summed E-state index contributed by atoms with van der Waals surface area (Å²) in [4.78, 5) is 30.7. The van der Waals surface area contributed by atoms with E-state index in [0.717, 1.165) is 24.0 Å². The summed E-state index contributed by atoms with van der Waals surface area (Å²) in [6, 6.07) is 11.0. The third-order valence-electron chi connectivity index (χ3n) is 5.23. The second-order valence-electron chi connectivity index (χ2n) is 7.57. The van der Waals surface area contributed by atoms with Gasteiger partial charge in [-0.15, -0.1) is 0 Å². The van der Waals surface area contributed by atoms with Crippen LogP contribution in [0.25, 0.3) is 11.3 Å². The molecule has 1 amide bonds. The summed E-state index contributed by atoms with van der Waals surface area (Å²) in [7, 11) is 0. The Bertz CT molecular complexity index is 1060. The van der Waals surface area contributed by atoms with Crippen LogP contribution < -0.4 is 5.56 Å². The average Bonchev–Trinajstić information content (AvgIpc) is 3.19. The van der Waals surface area contributed by atoms with E-state index in [1.165, 1.54) is 10.7 Å². The van der Waals surface area contributed by atoms with E-state index >= 15 is 0 Å². The smallest absolute Gasteiger partial charge is 0.316 e. The number of carbonyl (C=O) groups is 1. The van der Waals surface area contributed by atoms with Crippen LogP contribution in [0.5, 0.6) is 0 Å². The first-order chi connectivity index (χ1) is 14.0. The number of nitrogens with zero attached hydrogens (tertiary/aromatic N) is 5. The highest BCUT2D eigenvalue weighted by molar-refractivity contribution is 5.89. The third-order valence-corrected chi connectivity index (χ3v) is 5.23. The molecule has 0 unspecified atom stereocenters. The molecule has 1 aliphatic heterocycles. The summed E-state index contributed by atoms with van der Waals surface area (Å²) in [5.41, 5.74) is 2.46. The molecule has 0 N–H and O–H groups in total. The van der Waals surface area contributed by atoms with Gasteiger partial charge in [0, 0.05) is 24.7 Å². The van der Waals surface area contributed by atoms with E-state index in [0.29, 0.717) is 24.7 Å². The molecule has 0 spiro atoms. The summed E-state index contributed by atoms with van der Waals surface area (Å²) < 4.78 is 6.43. The van der Waals surface area contributed by atoms with Crippen molar-refractivity contribution in [3.63, 3.8) is 0 Å². The Labute approximate surface area is 168 Å². The Morgan fingerprint density at radius 2 is 1.86 bits per heavy atom. The second kappa shape index (κ2) is 7.98. The lowest BCUT2D eigenvalue weighted by atomic mass is 9.99. The van der Waals surface area contributed by atoms with Gasteiger partial charge in [0.1, 0.15) is 6.54 Å². The molecule has 0 saturated carbocycles. The molecule has 150 valence electrons. The Hall–Kier alpha value is -3.29. The third kappa shape index (κ3) is 4.26. The topological polar surface area (TPSA) is 94.1 Å². The minimum Gasteiger partial charge on any atom is -0.334 e. The Morgan fingerprint density at radius 1 is 1.14 bits per heavy atom. The van der Waals surface area contributed by atoms with Crippen molar-refractivity contribution < 1.29 is 9.32 Å². The quantitative estimate of drug-likeness (QED) is 0.676. The van der Waals surface area contributed by atoms with E-state index in [1.807, 2.05) is 31.2 Å². The standard InChI is InChI=1S/C21H23N5O3/c1-14-3-5-16(6-4-14)17-7-8-19(27)26(23-17)13-18-22-20(29-24-18)21(28)25-11-9-15(2)10-12-25/h3-8,15H,9-13H2,1-2H3. The fourth-order valence-corrected chi connectivity index (χ4v) is 3.33. The number of aryl methyl sites for hydroxylation is 1. The zero-order valence-electron chi connectivity index (χ0n) is 16.5. The number of benzene rings is 1. The number of likely N-dealkylation sites (tertiary alicyclic amines) is 1. The molecule has 1 aromatic carbocycles. The minimum atomic E-state index is -0.274. The van der Waals surface area contributed by atoms with Crippen LogP contribution >= 0.6 is 0 Å². The number of hydrogen-bond donors (Lipinski definition) is 0. The molecule has 0 radical (unpaired) electrons. The van der Waals surface area contributed by atoms with Crippen LogP contribution in [0.2, 0.25) is 0 Å². The number of amides is 1. The maximum Gasteiger partial charge on any atom is 0.316 e. The van der Waals surface area contributed by atoms with Gasteiger partial charge in [-0.1, -0.05) is 41.9 Å². The van der Waals surface area contributed by atoms with Crippen LogP contribution in [0.3, 0.4) is 0 Å². The Kier molecular flexibility index (Phi) is 5.24. The fraction of sp³-hybridized carbons (Fsp3) is 0.381. The van der Waals surface area contributed by atoms with Gasteiger partial charge in [-0.2, -0.15) is 10.1 Å². The van der Waals surface area contributed by atoms with Gasteiger partial charge in [0.05, 0.1) is 5.69 Å². The van der Waals surface area contributed by atoms with Crippen LogP contribution in [-0.4, -0.2) is 43.8 Å². The molecule has 1 aliphatic rings. The van der Waals surface area contributed by atoms with Crippen molar-refractivity contribution in [1.29, 1.82) is 0 Å². The van der Waals surface area contributed by atoms with Crippen molar-refractivity contribution in [2.45, 2.75) is 33.2 Å². The Morgan fingerprint density at radius 3 is 2.59 bits per heavy atom. The first-order valence-electron chi connectivity index (χ1n) is 9.76. The highest BCUT2D eigenvalue weighted by Gasteiger charge is 2.25. The van der Waals surface area contributed by atoms with Gasteiger partial charge in [-0.3, -0.25) is 9.59 Å². The van der Waals surface area contributed by atoms with E-state index in [2.05, 4.69) is 22.2 Å². The van der Waals surface area contributed by atoms with Crippen molar-refractivity contribution in [3.05, 3.63) is 64.0 Å². The molecule has 0 aliphatic carbocycles. The predicted molar refractivity (Wildman–Crippen MR) is 106 cm³/mol. The van der Waals surface area contributed by atoms with Gasteiger partial charge in [0.15, 0.2) is 5.82 Å². The van der Waals surface area contributed by atoms with Gasteiger partial charge in [0.25, 0.3) is 5.56 Å². The molecular weight excluding hydrogens is 370 g/mol. The monoisotopic (exact) mass is 393 g/mol. The summed E-state index contributed by atoms with van der Waals surface area (Å²) in [5.74, 6) is 0.562. The number of carbonyl (C=O) groups excluding carboxylic acids is 1. The molecule has 1 fully saturated rings. The largest absolute Gasteiger partial charge is 0.334 e. The zero-order valence-corrected chi connectivity index (χ0v) is 16.5. The molecule has 2 aromatic heterocycles. The Balaban J connectivity index is 1.51. The summed E-state index contributed by atoms with van der Waals surface area (Å²) in [6.07, 6.45) is 1.94. The SMILES string of the molecule is Cc1ccc(-c2ccc(=O)n(Cc3noc(C(=O)N4CCC(C)CC4)n3)n2)cc1. The molecule has 3 aromatic rings. The lowest BCUT2D eigenvalue weighted by Crippen LogP contribution is -2.38. The normalized spacial score (nSPS) is 14.9. The van der Waals surface area contributed by atoms with Crippen molar-refractivity contribution in [2.24, 2.45) is 5.92 Å². The minimum absolute atomic E-state index is 0.0341. The highest BCUT2D eigenvalue weighted by Crippen LogP contribution is 2.18. The lowest BCUT2D eigenvalue weighted by Gasteiger charge is -2.28. The van der Waals surface area contributed by atoms with Crippen LogP contribution in [0.15, 0.2) is 45.7 Å². The average molecular weight is 393 g/mol. The summed E-state index contributed by atoms with van der Waals surface area (Å²) >= 11 is 0. The second-order valence-corrected chi connectivity index (χ2v) is 7.57.